The Kier molecular flexibility index (Phi) is 6.85. The Morgan fingerprint density at radius 3 is 2.26 bits per heavy atom. The lowest BCUT2D eigenvalue weighted by Crippen LogP contribution is -2.44. The monoisotopic (exact) mass is 406 g/mol. The zero-order valence-electron chi connectivity index (χ0n) is 14.5. The average Bonchev–Trinajstić information content (AvgIpc) is 2.64. The number of hydrogen-bond acceptors (Lipinski definition) is 4. The van der Waals surface area contributed by atoms with Crippen LogP contribution in [0.3, 0.4) is 0 Å². The molecular formula is C17H21F3N2O4S. The van der Waals surface area contributed by atoms with Gasteiger partial charge in [0.15, 0.2) is 9.84 Å². The van der Waals surface area contributed by atoms with Gasteiger partial charge in [0, 0.05) is 25.4 Å². The van der Waals surface area contributed by atoms with Gasteiger partial charge in [-0.05, 0) is 25.0 Å². The van der Waals surface area contributed by atoms with Crippen LogP contribution in [0.1, 0.15) is 19.3 Å². The molecule has 1 aliphatic rings. The fourth-order valence-corrected chi connectivity index (χ4v) is 4.10. The van der Waals surface area contributed by atoms with Crippen LogP contribution in [0.25, 0.3) is 0 Å². The van der Waals surface area contributed by atoms with Crippen molar-refractivity contribution in [3.05, 3.63) is 30.3 Å². The van der Waals surface area contributed by atoms with E-state index in [0.717, 1.165) is 0 Å². The Bertz CT molecular complexity index is 758. The van der Waals surface area contributed by atoms with E-state index >= 15 is 0 Å². The second-order valence-electron chi connectivity index (χ2n) is 6.37. The first kappa shape index (κ1) is 21.2. The van der Waals surface area contributed by atoms with Crippen molar-refractivity contribution < 1.29 is 31.2 Å². The van der Waals surface area contributed by atoms with Gasteiger partial charge < -0.3 is 10.2 Å². The minimum Gasteiger partial charge on any atom is -0.347 e. The van der Waals surface area contributed by atoms with Crippen LogP contribution < -0.4 is 5.32 Å². The molecule has 1 aromatic carbocycles. The molecule has 0 unspecified atom stereocenters. The number of sulfone groups is 1. The molecule has 1 saturated heterocycles. The van der Waals surface area contributed by atoms with Gasteiger partial charge in [0.1, 0.15) is 6.54 Å². The van der Waals surface area contributed by atoms with Crippen molar-refractivity contribution >= 4 is 21.7 Å². The zero-order valence-corrected chi connectivity index (χ0v) is 15.4. The number of nitrogens with one attached hydrogen (secondary N) is 1. The number of carbonyl (C=O) groups excluding carboxylic acids is 2. The number of piperidine rings is 1. The molecule has 1 aromatic rings. The Morgan fingerprint density at radius 1 is 1.11 bits per heavy atom. The number of carbonyl (C=O) groups is 2. The van der Waals surface area contributed by atoms with Crippen LogP contribution in [-0.4, -0.2) is 56.7 Å². The normalized spacial score (nSPS) is 16.2. The van der Waals surface area contributed by atoms with E-state index in [0.29, 0.717) is 0 Å². The van der Waals surface area contributed by atoms with Gasteiger partial charge in [-0.25, -0.2) is 8.42 Å². The predicted octanol–water partition coefficient (Wildman–Crippen LogP) is 1.77. The third-order valence-electron chi connectivity index (χ3n) is 4.37. The molecule has 1 heterocycles. The molecule has 0 aliphatic carbocycles. The lowest BCUT2D eigenvalue weighted by Gasteiger charge is -2.31. The number of halogens is 3. The Morgan fingerprint density at radius 2 is 1.70 bits per heavy atom. The highest BCUT2D eigenvalue weighted by atomic mass is 32.2. The van der Waals surface area contributed by atoms with Crippen LogP contribution in [0.15, 0.2) is 35.2 Å². The number of benzene rings is 1. The van der Waals surface area contributed by atoms with Gasteiger partial charge in [0.05, 0.1) is 10.6 Å². The standard InChI is InChI=1S/C17H21F3N2O4S/c18-17(19,20)12-21-16(24)13-6-9-22(10-7-13)15(23)8-11-27(25,26)14-4-2-1-3-5-14/h1-5,13H,6-12H2,(H,21,24). The molecule has 27 heavy (non-hydrogen) atoms. The van der Waals surface area contributed by atoms with E-state index in [1.807, 2.05) is 5.32 Å². The number of rotatable bonds is 6. The van der Waals surface area contributed by atoms with Crippen molar-refractivity contribution in [3.63, 3.8) is 0 Å². The van der Waals surface area contributed by atoms with Crippen LogP contribution in [-0.2, 0) is 19.4 Å². The van der Waals surface area contributed by atoms with Gasteiger partial charge in [0.2, 0.25) is 11.8 Å². The number of nitrogens with zero attached hydrogens (tertiary/aromatic N) is 1. The van der Waals surface area contributed by atoms with Crippen LogP contribution >= 0.6 is 0 Å². The van der Waals surface area contributed by atoms with Crippen molar-refractivity contribution in [1.29, 1.82) is 0 Å². The molecule has 1 fully saturated rings. The molecule has 0 radical (unpaired) electrons. The zero-order chi connectivity index (χ0) is 20.1. The van der Waals surface area contributed by atoms with Gasteiger partial charge in [-0.2, -0.15) is 13.2 Å². The second-order valence-corrected chi connectivity index (χ2v) is 8.48. The average molecular weight is 406 g/mol. The van der Waals surface area contributed by atoms with Gasteiger partial charge in [-0.3, -0.25) is 9.59 Å². The largest absolute Gasteiger partial charge is 0.405 e. The van der Waals surface area contributed by atoms with Crippen molar-refractivity contribution in [1.82, 2.24) is 10.2 Å². The molecule has 0 saturated carbocycles. The summed E-state index contributed by atoms with van der Waals surface area (Å²) >= 11 is 0. The minimum absolute atomic E-state index is 0.151. The topological polar surface area (TPSA) is 83.6 Å². The maximum Gasteiger partial charge on any atom is 0.405 e. The maximum absolute atomic E-state index is 12.2. The van der Waals surface area contributed by atoms with Crippen molar-refractivity contribution in [3.8, 4) is 0 Å². The first-order valence-corrected chi connectivity index (χ1v) is 10.1. The quantitative estimate of drug-likeness (QED) is 0.781. The Hall–Kier alpha value is -2.10. The van der Waals surface area contributed by atoms with Gasteiger partial charge in [0.25, 0.3) is 0 Å². The summed E-state index contributed by atoms with van der Waals surface area (Å²) in [5.74, 6) is -1.92. The summed E-state index contributed by atoms with van der Waals surface area (Å²) in [6.07, 6.45) is -4.14. The lowest BCUT2D eigenvalue weighted by atomic mass is 9.95. The summed E-state index contributed by atoms with van der Waals surface area (Å²) in [7, 11) is -3.56. The van der Waals surface area contributed by atoms with Crippen molar-refractivity contribution in [2.75, 3.05) is 25.4 Å². The first-order valence-electron chi connectivity index (χ1n) is 8.48. The predicted molar refractivity (Wildman–Crippen MR) is 91.5 cm³/mol. The van der Waals surface area contributed by atoms with Crippen LogP contribution in [0.2, 0.25) is 0 Å². The molecular weight excluding hydrogens is 385 g/mol. The molecule has 10 heteroatoms. The second kappa shape index (κ2) is 8.73. The summed E-state index contributed by atoms with van der Waals surface area (Å²) in [4.78, 5) is 25.6. The lowest BCUT2D eigenvalue weighted by molar-refractivity contribution is -0.142. The fourth-order valence-electron chi connectivity index (χ4n) is 2.85. The van der Waals surface area contributed by atoms with E-state index < -0.39 is 34.4 Å². The SMILES string of the molecule is O=C(NCC(F)(F)F)C1CCN(C(=O)CCS(=O)(=O)c2ccccc2)CC1. The summed E-state index contributed by atoms with van der Waals surface area (Å²) in [5.41, 5.74) is 0. The Balaban J connectivity index is 1.79. The smallest absolute Gasteiger partial charge is 0.347 e. The molecule has 1 N–H and O–H groups in total. The van der Waals surface area contributed by atoms with Crippen molar-refractivity contribution in [2.24, 2.45) is 5.92 Å². The molecule has 1 aliphatic heterocycles. The van der Waals surface area contributed by atoms with E-state index in [9.17, 15) is 31.2 Å². The van der Waals surface area contributed by atoms with Crippen LogP contribution in [0.5, 0.6) is 0 Å². The van der Waals surface area contributed by atoms with E-state index in [1.54, 1.807) is 18.2 Å². The summed E-state index contributed by atoms with van der Waals surface area (Å²) in [6.45, 7) is -0.940. The number of alkyl halides is 3. The molecule has 6 nitrogen and oxygen atoms in total. The Labute approximate surface area is 155 Å². The number of hydrogen-bond donors (Lipinski definition) is 1. The van der Waals surface area contributed by atoms with Crippen molar-refractivity contribution in [2.45, 2.75) is 30.3 Å². The van der Waals surface area contributed by atoms with Crippen LogP contribution in [0, 0.1) is 5.92 Å². The molecule has 0 spiro atoms. The molecule has 2 amide bonds. The number of amides is 2. The summed E-state index contributed by atoms with van der Waals surface area (Å²) in [6, 6.07) is 7.82. The van der Waals surface area contributed by atoms with E-state index in [1.165, 1.54) is 17.0 Å². The molecule has 0 aromatic heterocycles. The third-order valence-corrected chi connectivity index (χ3v) is 6.10. The highest BCUT2D eigenvalue weighted by Gasteiger charge is 2.32. The minimum atomic E-state index is -4.46. The summed E-state index contributed by atoms with van der Waals surface area (Å²) in [5, 5.41) is 1.85. The molecule has 0 bridgehead atoms. The van der Waals surface area contributed by atoms with E-state index in [4.69, 9.17) is 0 Å². The highest BCUT2D eigenvalue weighted by Crippen LogP contribution is 2.20. The first-order chi connectivity index (χ1) is 12.6. The molecule has 2 rings (SSSR count). The number of likely N-dealkylation sites (tertiary alicyclic amines) is 1. The van der Waals surface area contributed by atoms with Gasteiger partial charge in [-0.1, -0.05) is 18.2 Å². The maximum atomic E-state index is 12.2. The van der Waals surface area contributed by atoms with Gasteiger partial charge in [-0.15, -0.1) is 0 Å². The third kappa shape index (κ3) is 6.53. The van der Waals surface area contributed by atoms with Crippen LogP contribution in [0.4, 0.5) is 13.2 Å². The molecule has 0 atom stereocenters. The fraction of sp³-hybridized carbons (Fsp3) is 0.529. The van der Waals surface area contributed by atoms with E-state index in [-0.39, 0.29) is 48.9 Å². The summed E-state index contributed by atoms with van der Waals surface area (Å²) < 4.78 is 60.8. The highest BCUT2D eigenvalue weighted by molar-refractivity contribution is 7.91. The van der Waals surface area contributed by atoms with E-state index in [2.05, 4.69) is 0 Å². The molecule has 150 valence electrons. The van der Waals surface area contributed by atoms with Gasteiger partial charge >= 0.3 is 6.18 Å².